The number of hydrogen-bond donors (Lipinski definition) is 3. The fourth-order valence-corrected chi connectivity index (χ4v) is 2.91. The number of benzene rings is 1. The van der Waals surface area contributed by atoms with Crippen molar-refractivity contribution in [3.8, 4) is 0 Å². The van der Waals surface area contributed by atoms with Gasteiger partial charge >= 0.3 is 6.03 Å². The van der Waals surface area contributed by atoms with Crippen LogP contribution in [0.3, 0.4) is 0 Å². The second-order valence-corrected chi connectivity index (χ2v) is 6.44. The second-order valence-electron chi connectivity index (χ2n) is 6.44. The molecule has 2 rings (SSSR count). The van der Waals surface area contributed by atoms with E-state index in [1.165, 1.54) is 5.56 Å². The number of rotatable bonds is 7. The summed E-state index contributed by atoms with van der Waals surface area (Å²) < 4.78 is 0. The molecule has 3 atom stereocenters. The number of aliphatic hydroxyl groups is 1. The van der Waals surface area contributed by atoms with Crippen molar-refractivity contribution in [1.29, 1.82) is 0 Å². The molecular weight excluding hydrogens is 290 g/mol. The van der Waals surface area contributed by atoms with Gasteiger partial charge in [0.25, 0.3) is 0 Å². The van der Waals surface area contributed by atoms with Gasteiger partial charge < -0.3 is 20.6 Å². The monoisotopic (exact) mass is 317 g/mol. The van der Waals surface area contributed by atoms with Crippen LogP contribution in [0, 0.1) is 5.92 Å². The van der Waals surface area contributed by atoms with E-state index < -0.39 is 0 Å². The molecule has 0 radical (unpaired) electrons. The van der Waals surface area contributed by atoms with Gasteiger partial charge in [0.2, 0.25) is 0 Å². The van der Waals surface area contributed by atoms with Gasteiger partial charge in [0.15, 0.2) is 0 Å². The van der Waals surface area contributed by atoms with Crippen molar-refractivity contribution in [2.24, 2.45) is 5.92 Å². The third-order valence-corrected chi connectivity index (χ3v) is 3.97. The summed E-state index contributed by atoms with van der Waals surface area (Å²) in [5.41, 5.74) is 1.21. The molecule has 0 aromatic heterocycles. The molecule has 3 N–H and O–H groups in total. The van der Waals surface area contributed by atoms with Crippen LogP contribution in [-0.2, 0) is 6.42 Å². The van der Waals surface area contributed by atoms with E-state index in [4.69, 9.17) is 5.11 Å². The smallest absolute Gasteiger partial charge is 0.315 e. The molecule has 0 bridgehead atoms. The average molecular weight is 317 g/mol. The molecule has 1 unspecified atom stereocenters. The van der Waals surface area contributed by atoms with E-state index in [-0.39, 0.29) is 30.6 Å². The highest BCUT2D eigenvalue weighted by Gasteiger charge is 2.21. The summed E-state index contributed by atoms with van der Waals surface area (Å²) in [6.07, 6.45) is 5.48. The molecule has 2 amide bonds. The Bertz CT molecular complexity index is 516. The van der Waals surface area contributed by atoms with Gasteiger partial charge in [-0.3, -0.25) is 0 Å². The number of likely N-dealkylation sites (N-methyl/N-ethyl adjacent to an activating group) is 1. The normalized spacial score (nSPS) is 21.4. The van der Waals surface area contributed by atoms with Crippen LogP contribution >= 0.6 is 0 Å². The number of nitrogens with zero attached hydrogens (tertiary/aromatic N) is 1. The van der Waals surface area contributed by atoms with Gasteiger partial charge in [0, 0.05) is 31.2 Å². The summed E-state index contributed by atoms with van der Waals surface area (Å²) in [4.78, 5) is 14.3. The largest absolute Gasteiger partial charge is 0.396 e. The average Bonchev–Trinajstić information content (AvgIpc) is 2.95. The molecule has 0 heterocycles. The zero-order valence-electron chi connectivity index (χ0n) is 13.9. The van der Waals surface area contributed by atoms with Gasteiger partial charge in [0.1, 0.15) is 0 Å². The molecule has 0 spiro atoms. The highest BCUT2D eigenvalue weighted by molar-refractivity contribution is 5.75. The minimum absolute atomic E-state index is 0.00359. The number of aliphatic hydroxyl groups excluding tert-OH is 1. The van der Waals surface area contributed by atoms with Crippen molar-refractivity contribution in [2.45, 2.75) is 24.9 Å². The lowest BCUT2D eigenvalue weighted by atomic mass is 10.1. The standard InChI is InChI=1S/C18H27N3O2/c1-21(2)12-17(10-14-6-4-3-5-7-14)20-18(23)19-16-9-8-15(11-16)13-22/h3-9,15-17,22H,10-13H2,1-2H3,(H2,19,20,23)/t15-,16+,17?/m0/s1. The molecule has 0 saturated heterocycles. The Morgan fingerprint density at radius 3 is 2.65 bits per heavy atom. The molecule has 1 aliphatic rings. The Labute approximate surface area is 138 Å². The first-order valence-corrected chi connectivity index (χ1v) is 8.11. The van der Waals surface area contributed by atoms with E-state index in [1.807, 2.05) is 44.4 Å². The molecule has 5 heteroatoms. The molecule has 0 saturated carbocycles. The Morgan fingerprint density at radius 2 is 2.04 bits per heavy atom. The lowest BCUT2D eigenvalue weighted by molar-refractivity contribution is 0.225. The van der Waals surface area contributed by atoms with Gasteiger partial charge in [-0.15, -0.1) is 0 Å². The van der Waals surface area contributed by atoms with Crippen molar-refractivity contribution in [2.75, 3.05) is 27.2 Å². The Balaban J connectivity index is 1.87. The molecular formula is C18H27N3O2. The lowest BCUT2D eigenvalue weighted by Gasteiger charge is -2.24. The van der Waals surface area contributed by atoms with Crippen LogP contribution < -0.4 is 10.6 Å². The Hall–Kier alpha value is -1.85. The topological polar surface area (TPSA) is 64.6 Å². The van der Waals surface area contributed by atoms with E-state index in [2.05, 4.69) is 27.7 Å². The minimum Gasteiger partial charge on any atom is -0.396 e. The van der Waals surface area contributed by atoms with E-state index >= 15 is 0 Å². The summed E-state index contributed by atoms with van der Waals surface area (Å²) in [6.45, 7) is 0.912. The first kappa shape index (κ1) is 17.5. The minimum atomic E-state index is -0.152. The molecule has 1 aromatic carbocycles. The highest BCUT2D eigenvalue weighted by atomic mass is 16.3. The maximum absolute atomic E-state index is 12.2. The number of urea groups is 1. The van der Waals surface area contributed by atoms with Crippen LogP contribution in [0.1, 0.15) is 12.0 Å². The van der Waals surface area contributed by atoms with Crippen LogP contribution in [0.2, 0.25) is 0 Å². The molecule has 126 valence electrons. The van der Waals surface area contributed by atoms with Crippen LogP contribution in [0.25, 0.3) is 0 Å². The molecule has 1 aliphatic carbocycles. The SMILES string of the molecule is CN(C)CC(Cc1ccccc1)NC(=O)N[C@@H]1C=C[C@H](CO)C1. The first-order chi connectivity index (χ1) is 11.1. The predicted molar refractivity (Wildman–Crippen MR) is 92.3 cm³/mol. The van der Waals surface area contributed by atoms with Crippen molar-refractivity contribution in [3.05, 3.63) is 48.0 Å². The van der Waals surface area contributed by atoms with Crippen LogP contribution in [0.5, 0.6) is 0 Å². The summed E-state index contributed by atoms with van der Waals surface area (Å²) in [5, 5.41) is 15.2. The molecule has 23 heavy (non-hydrogen) atoms. The van der Waals surface area contributed by atoms with E-state index in [0.29, 0.717) is 0 Å². The number of carbonyl (C=O) groups is 1. The number of hydrogen-bond acceptors (Lipinski definition) is 3. The summed E-state index contributed by atoms with van der Waals surface area (Å²) in [5.74, 6) is 0.155. The lowest BCUT2D eigenvalue weighted by Crippen LogP contribution is -2.49. The Morgan fingerprint density at radius 1 is 1.30 bits per heavy atom. The van der Waals surface area contributed by atoms with Crippen LogP contribution in [0.4, 0.5) is 4.79 Å². The van der Waals surface area contributed by atoms with Crippen molar-refractivity contribution < 1.29 is 9.90 Å². The van der Waals surface area contributed by atoms with Crippen LogP contribution in [0.15, 0.2) is 42.5 Å². The van der Waals surface area contributed by atoms with Gasteiger partial charge in [0.05, 0.1) is 0 Å². The van der Waals surface area contributed by atoms with Gasteiger partial charge in [-0.1, -0.05) is 42.5 Å². The van der Waals surface area contributed by atoms with Crippen molar-refractivity contribution in [1.82, 2.24) is 15.5 Å². The zero-order valence-corrected chi connectivity index (χ0v) is 13.9. The highest BCUT2D eigenvalue weighted by Crippen LogP contribution is 2.16. The molecule has 0 aliphatic heterocycles. The summed E-state index contributed by atoms with van der Waals surface area (Å²) in [6, 6.07) is 10.1. The molecule has 0 fully saturated rings. The van der Waals surface area contributed by atoms with E-state index in [1.54, 1.807) is 0 Å². The number of amides is 2. The fourth-order valence-electron chi connectivity index (χ4n) is 2.91. The summed E-state index contributed by atoms with van der Waals surface area (Å²) >= 11 is 0. The second kappa shape index (κ2) is 8.70. The molecule has 1 aromatic rings. The van der Waals surface area contributed by atoms with Crippen LogP contribution in [-0.4, -0.2) is 55.4 Å². The summed E-state index contributed by atoms with van der Waals surface area (Å²) in [7, 11) is 4.01. The van der Waals surface area contributed by atoms with E-state index in [0.717, 1.165) is 19.4 Å². The first-order valence-electron chi connectivity index (χ1n) is 8.11. The zero-order chi connectivity index (χ0) is 16.7. The third-order valence-electron chi connectivity index (χ3n) is 3.97. The van der Waals surface area contributed by atoms with Crippen molar-refractivity contribution >= 4 is 6.03 Å². The maximum Gasteiger partial charge on any atom is 0.315 e. The Kier molecular flexibility index (Phi) is 6.62. The van der Waals surface area contributed by atoms with E-state index in [9.17, 15) is 4.79 Å². The third kappa shape index (κ3) is 6.04. The van der Waals surface area contributed by atoms with Gasteiger partial charge in [-0.2, -0.15) is 0 Å². The number of carbonyl (C=O) groups excluding carboxylic acids is 1. The van der Waals surface area contributed by atoms with Gasteiger partial charge in [-0.05, 0) is 32.5 Å². The number of nitrogens with one attached hydrogen (secondary N) is 2. The fraction of sp³-hybridized carbons (Fsp3) is 0.500. The quantitative estimate of drug-likeness (QED) is 0.666. The van der Waals surface area contributed by atoms with Gasteiger partial charge in [-0.25, -0.2) is 4.79 Å². The van der Waals surface area contributed by atoms with Crippen molar-refractivity contribution in [3.63, 3.8) is 0 Å². The predicted octanol–water partition coefficient (Wildman–Crippen LogP) is 1.40. The maximum atomic E-state index is 12.2. The molecule has 5 nitrogen and oxygen atoms in total.